The standard InChI is InChI=1S/C17H15ClN2O5S/c1-24-16(23)8-13-10-26-17(19-13)20-14(21)9-25-15(22)7-4-11-2-5-12(18)6-3-11/h2-7,10H,8-9H2,1H3,(H,19,20,21)/b7-4+. The molecular formula is C17H15ClN2O5S. The molecule has 1 amide bonds. The fourth-order valence-corrected chi connectivity index (χ4v) is 2.60. The summed E-state index contributed by atoms with van der Waals surface area (Å²) in [5, 5.41) is 5.02. The van der Waals surface area contributed by atoms with E-state index in [2.05, 4.69) is 15.0 Å². The molecule has 26 heavy (non-hydrogen) atoms. The number of nitrogens with zero attached hydrogens (tertiary/aromatic N) is 1. The average Bonchev–Trinajstić information content (AvgIpc) is 3.06. The fourth-order valence-electron chi connectivity index (χ4n) is 1.74. The Hall–Kier alpha value is -2.71. The fraction of sp³-hybridized carbons (Fsp3) is 0.176. The van der Waals surface area contributed by atoms with Gasteiger partial charge in [0.2, 0.25) is 0 Å². The van der Waals surface area contributed by atoms with Crippen molar-refractivity contribution in [2.75, 3.05) is 19.0 Å². The van der Waals surface area contributed by atoms with Crippen molar-refractivity contribution in [1.29, 1.82) is 0 Å². The predicted molar refractivity (Wildman–Crippen MR) is 97.9 cm³/mol. The third-order valence-corrected chi connectivity index (χ3v) is 4.04. The lowest BCUT2D eigenvalue weighted by Gasteiger charge is -2.02. The van der Waals surface area contributed by atoms with E-state index < -0.39 is 24.5 Å². The van der Waals surface area contributed by atoms with Crippen LogP contribution in [0.5, 0.6) is 0 Å². The third-order valence-electron chi connectivity index (χ3n) is 2.98. The average molecular weight is 395 g/mol. The van der Waals surface area contributed by atoms with Crippen LogP contribution in [0.3, 0.4) is 0 Å². The van der Waals surface area contributed by atoms with Crippen molar-refractivity contribution < 1.29 is 23.9 Å². The van der Waals surface area contributed by atoms with Gasteiger partial charge >= 0.3 is 11.9 Å². The van der Waals surface area contributed by atoms with E-state index in [1.54, 1.807) is 35.7 Å². The van der Waals surface area contributed by atoms with Crippen molar-refractivity contribution in [3.63, 3.8) is 0 Å². The number of rotatable bonds is 7. The molecular weight excluding hydrogens is 380 g/mol. The summed E-state index contributed by atoms with van der Waals surface area (Å²) < 4.78 is 9.39. The van der Waals surface area contributed by atoms with Gasteiger partial charge in [0.1, 0.15) is 0 Å². The molecule has 1 heterocycles. The largest absolute Gasteiger partial charge is 0.469 e. The van der Waals surface area contributed by atoms with Crippen molar-refractivity contribution in [1.82, 2.24) is 4.98 Å². The highest BCUT2D eigenvalue weighted by molar-refractivity contribution is 7.13. The summed E-state index contributed by atoms with van der Waals surface area (Å²) in [6.07, 6.45) is 2.79. The number of benzene rings is 1. The van der Waals surface area contributed by atoms with E-state index in [0.717, 1.165) is 16.9 Å². The number of carbonyl (C=O) groups is 3. The molecule has 0 saturated heterocycles. The van der Waals surface area contributed by atoms with Crippen molar-refractivity contribution in [2.45, 2.75) is 6.42 Å². The van der Waals surface area contributed by atoms with Crippen LogP contribution in [0.15, 0.2) is 35.7 Å². The molecule has 136 valence electrons. The van der Waals surface area contributed by atoms with Gasteiger partial charge in [-0.05, 0) is 23.8 Å². The molecule has 0 aliphatic rings. The minimum absolute atomic E-state index is 0.0212. The molecule has 9 heteroatoms. The number of esters is 2. The second kappa shape index (κ2) is 9.69. The lowest BCUT2D eigenvalue weighted by Crippen LogP contribution is -2.20. The summed E-state index contributed by atoms with van der Waals surface area (Å²) in [5.74, 6) is -1.60. The summed E-state index contributed by atoms with van der Waals surface area (Å²) in [6.45, 7) is -0.449. The molecule has 0 spiro atoms. The number of halogens is 1. The number of hydrogen-bond acceptors (Lipinski definition) is 7. The molecule has 0 fully saturated rings. The number of amides is 1. The maximum atomic E-state index is 11.8. The van der Waals surface area contributed by atoms with Crippen LogP contribution in [0.2, 0.25) is 5.02 Å². The van der Waals surface area contributed by atoms with Gasteiger partial charge in [-0.15, -0.1) is 11.3 Å². The van der Waals surface area contributed by atoms with Crippen molar-refractivity contribution in [3.8, 4) is 0 Å². The zero-order chi connectivity index (χ0) is 18.9. The van der Waals surface area contributed by atoms with E-state index >= 15 is 0 Å². The van der Waals surface area contributed by atoms with Crippen LogP contribution in [0.25, 0.3) is 6.08 Å². The molecule has 2 rings (SSSR count). The Morgan fingerprint density at radius 3 is 2.69 bits per heavy atom. The number of carbonyl (C=O) groups excluding carboxylic acids is 3. The first-order valence-electron chi connectivity index (χ1n) is 7.37. The third kappa shape index (κ3) is 6.66. The summed E-state index contributed by atoms with van der Waals surface area (Å²) >= 11 is 6.93. The maximum absolute atomic E-state index is 11.8. The van der Waals surface area contributed by atoms with Gasteiger partial charge in [-0.25, -0.2) is 9.78 Å². The molecule has 0 bridgehead atoms. The van der Waals surface area contributed by atoms with E-state index in [1.165, 1.54) is 13.2 Å². The molecule has 0 aliphatic carbocycles. The smallest absolute Gasteiger partial charge is 0.331 e. The summed E-state index contributed by atoms with van der Waals surface area (Å²) in [4.78, 5) is 38.6. The van der Waals surface area contributed by atoms with Crippen LogP contribution in [0.4, 0.5) is 5.13 Å². The number of ether oxygens (including phenoxy) is 2. The van der Waals surface area contributed by atoms with E-state index in [1.807, 2.05) is 0 Å². The van der Waals surface area contributed by atoms with Crippen LogP contribution >= 0.6 is 22.9 Å². The highest BCUT2D eigenvalue weighted by atomic mass is 35.5. The Morgan fingerprint density at radius 2 is 2.00 bits per heavy atom. The molecule has 0 aliphatic heterocycles. The van der Waals surface area contributed by atoms with Gasteiger partial charge in [0.05, 0.1) is 19.2 Å². The Kier molecular flexibility index (Phi) is 7.31. The summed E-state index contributed by atoms with van der Waals surface area (Å²) in [7, 11) is 1.28. The minimum atomic E-state index is -0.652. The topological polar surface area (TPSA) is 94.6 Å². The van der Waals surface area contributed by atoms with Crippen LogP contribution in [-0.4, -0.2) is 36.5 Å². The van der Waals surface area contributed by atoms with Gasteiger partial charge in [0.15, 0.2) is 11.7 Å². The van der Waals surface area contributed by atoms with Crippen LogP contribution < -0.4 is 5.32 Å². The Bertz CT molecular complexity index is 817. The molecule has 0 unspecified atom stereocenters. The summed E-state index contributed by atoms with van der Waals surface area (Å²) in [5.41, 5.74) is 1.26. The normalized spacial score (nSPS) is 10.5. The van der Waals surface area contributed by atoms with Crippen LogP contribution in [-0.2, 0) is 30.3 Å². The van der Waals surface area contributed by atoms with Crippen molar-refractivity contribution in [3.05, 3.63) is 52.0 Å². The van der Waals surface area contributed by atoms with Gasteiger partial charge in [-0.2, -0.15) is 0 Å². The Labute approximate surface area is 158 Å². The molecule has 7 nitrogen and oxygen atoms in total. The zero-order valence-corrected chi connectivity index (χ0v) is 15.3. The molecule has 0 atom stereocenters. The maximum Gasteiger partial charge on any atom is 0.331 e. The number of aromatic nitrogens is 1. The molecule has 2 aromatic rings. The second-order valence-corrected chi connectivity index (χ2v) is 6.23. The molecule has 1 N–H and O–H groups in total. The highest BCUT2D eigenvalue weighted by Crippen LogP contribution is 2.16. The van der Waals surface area contributed by atoms with E-state index in [-0.39, 0.29) is 6.42 Å². The first-order valence-corrected chi connectivity index (χ1v) is 8.63. The zero-order valence-electron chi connectivity index (χ0n) is 13.7. The number of thiazole rings is 1. The first-order chi connectivity index (χ1) is 12.5. The number of hydrogen-bond donors (Lipinski definition) is 1. The molecule has 1 aromatic carbocycles. The van der Waals surface area contributed by atoms with Gasteiger partial charge < -0.3 is 9.47 Å². The SMILES string of the molecule is COC(=O)Cc1csc(NC(=O)COC(=O)/C=C/c2ccc(Cl)cc2)n1. The van der Waals surface area contributed by atoms with Gasteiger partial charge in [-0.1, -0.05) is 23.7 Å². The van der Waals surface area contributed by atoms with Crippen molar-refractivity contribution in [2.24, 2.45) is 0 Å². The number of anilines is 1. The molecule has 1 aromatic heterocycles. The lowest BCUT2D eigenvalue weighted by molar-refractivity contribution is -0.142. The lowest BCUT2D eigenvalue weighted by atomic mass is 10.2. The summed E-state index contributed by atoms with van der Waals surface area (Å²) in [6, 6.07) is 6.88. The van der Waals surface area contributed by atoms with Crippen molar-refractivity contribution >= 4 is 52.0 Å². The van der Waals surface area contributed by atoms with Gasteiger partial charge in [-0.3, -0.25) is 14.9 Å². The second-order valence-electron chi connectivity index (χ2n) is 4.94. The van der Waals surface area contributed by atoms with Crippen LogP contribution in [0, 0.1) is 0 Å². The minimum Gasteiger partial charge on any atom is -0.469 e. The predicted octanol–water partition coefficient (Wildman–Crippen LogP) is 2.71. The number of methoxy groups -OCH3 is 1. The van der Waals surface area contributed by atoms with E-state index in [0.29, 0.717) is 15.8 Å². The van der Waals surface area contributed by atoms with E-state index in [4.69, 9.17) is 16.3 Å². The monoisotopic (exact) mass is 394 g/mol. The molecule has 0 radical (unpaired) electrons. The van der Waals surface area contributed by atoms with Crippen LogP contribution in [0.1, 0.15) is 11.3 Å². The Morgan fingerprint density at radius 1 is 1.27 bits per heavy atom. The quantitative estimate of drug-likeness (QED) is 0.573. The number of nitrogens with one attached hydrogen (secondary N) is 1. The Balaban J connectivity index is 1.76. The van der Waals surface area contributed by atoms with Gasteiger partial charge in [0.25, 0.3) is 5.91 Å². The highest BCUT2D eigenvalue weighted by Gasteiger charge is 2.11. The van der Waals surface area contributed by atoms with E-state index in [9.17, 15) is 14.4 Å². The molecule has 0 saturated carbocycles. The van der Waals surface area contributed by atoms with Gasteiger partial charge in [0, 0.05) is 16.5 Å². The first kappa shape index (κ1) is 19.6.